The molecule has 0 saturated heterocycles. The maximum atomic E-state index is 3.53. The molecule has 0 saturated carbocycles. The van der Waals surface area contributed by atoms with Gasteiger partial charge in [-0.05, 0) is 36.6 Å². The molecule has 0 aliphatic carbocycles. The average Bonchev–Trinajstić information content (AvgIpc) is 2.17. The molecule has 0 spiro atoms. The van der Waals surface area contributed by atoms with E-state index in [2.05, 4.69) is 66.3 Å². The van der Waals surface area contributed by atoms with E-state index >= 15 is 0 Å². The highest BCUT2D eigenvalue weighted by atomic mass is 79.9. The van der Waals surface area contributed by atoms with Gasteiger partial charge in [0.05, 0.1) is 0 Å². The maximum Gasteiger partial charge on any atom is 0.0322 e. The van der Waals surface area contributed by atoms with Crippen molar-refractivity contribution in [2.24, 2.45) is 5.92 Å². The molecule has 84 valence electrons. The van der Waals surface area contributed by atoms with Crippen molar-refractivity contribution in [2.75, 3.05) is 6.54 Å². The van der Waals surface area contributed by atoms with E-state index in [1.165, 1.54) is 12.0 Å². The molecule has 0 heterocycles. The van der Waals surface area contributed by atoms with Crippen LogP contribution in [0.2, 0.25) is 0 Å². The lowest BCUT2D eigenvalue weighted by atomic mass is 9.97. The zero-order valence-electron chi connectivity index (χ0n) is 9.76. The topological polar surface area (TPSA) is 12.0 Å². The summed E-state index contributed by atoms with van der Waals surface area (Å²) in [6.07, 6.45) is 1.19. The predicted octanol–water partition coefficient (Wildman–Crippen LogP) is 4.15. The summed E-state index contributed by atoms with van der Waals surface area (Å²) in [5.41, 5.74) is 1.38. The highest BCUT2D eigenvalue weighted by Crippen LogP contribution is 2.22. The highest BCUT2D eigenvalue weighted by Gasteiger charge is 2.11. The molecule has 1 rings (SSSR count). The summed E-state index contributed by atoms with van der Waals surface area (Å²) >= 11 is 3.46. The minimum Gasteiger partial charge on any atom is -0.310 e. The molecule has 0 amide bonds. The Kier molecular flexibility index (Phi) is 5.34. The van der Waals surface area contributed by atoms with Gasteiger partial charge < -0.3 is 5.32 Å². The highest BCUT2D eigenvalue weighted by molar-refractivity contribution is 9.10. The minimum absolute atomic E-state index is 0.489. The monoisotopic (exact) mass is 269 g/mol. The number of hydrogen-bond acceptors (Lipinski definition) is 1. The van der Waals surface area contributed by atoms with Crippen molar-refractivity contribution in [1.29, 1.82) is 0 Å². The molecule has 0 radical (unpaired) electrons. The summed E-state index contributed by atoms with van der Waals surface area (Å²) in [7, 11) is 0. The summed E-state index contributed by atoms with van der Waals surface area (Å²) in [4.78, 5) is 0. The number of benzene rings is 1. The first-order valence-corrected chi connectivity index (χ1v) is 6.41. The first-order chi connectivity index (χ1) is 7.13. The number of rotatable bonds is 5. The summed E-state index contributed by atoms with van der Waals surface area (Å²) in [6, 6.07) is 9.10. The van der Waals surface area contributed by atoms with E-state index in [0.717, 1.165) is 16.9 Å². The third kappa shape index (κ3) is 4.35. The summed E-state index contributed by atoms with van der Waals surface area (Å²) in [6.45, 7) is 7.71. The van der Waals surface area contributed by atoms with Crippen molar-refractivity contribution >= 4 is 15.9 Å². The van der Waals surface area contributed by atoms with E-state index in [9.17, 15) is 0 Å². The van der Waals surface area contributed by atoms with Gasteiger partial charge in [-0.1, -0.05) is 48.8 Å². The Morgan fingerprint density at radius 3 is 2.27 bits per heavy atom. The van der Waals surface area contributed by atoms with Crippen LogP contribution >= 0.6 is 15.9 Å². The first-order valence-electron chi connectivity index (χ1n) is 5.62. The van der Waals surface area contributed by atoms with E-state index in [1.807, 2.05) is 0 Å². The second-order valence-corrected chi connectivity index (χ2v) is 5.21. The molecule has 15 heavy (non-hydrogen) atoms. The second kappa shape index (κ2) is 6.29. The van der Waals surface area contributed by atoms with E-state index in [0.29, 0.717) is 6.04 Å². The smallest absolute Gasteiger partial charge is 0.0322 e. The van der Waals surface area contributed by atoms with Gasteiger partial charge in [0, 0.05) is 10.5 Å². The molecular formula is C13H20BrN. The zero-order valence-corrected chi connectivity index (χ0v) is 11.3. The lowest BCUT2D eigenvalue weighted by molar-refractivity contribution is 0.438. The molecule has 1 N–H and O–H groups in total. The molecule has 1 nitrogen and oxygen atoms in total. The number of halogens is 1. The van der Waals surface area contributed by atoms with E-state index < -0.39 is 0 Å². The Bertz CT molecular complexity index is 279. The molecule has 1 atom stereocenters. The SMILES string of the molecule is CCNC(CC(C)C)c1ccc(Br)cc1. The van der Waals surface area contributed by atoms with Crippen LogP contribution < -0.4 is 5.32 Å². The third-order valence-corrected chi connectivity index (χ3v) is 2.96. The van der Waals surface area contributed by atoms with Crippen LogP contribution in [0, 0.1) is 5.92 Å². The molecule has 0 aromatic heterocycles. The Morgan fingerprint density at radius 1 is 1.20 bits per heavy atom. The average molecular weight is 270 g/mol. The van der Waals surface area contributed by atoms with Crippen molar-refractivity contribution < 1.29 is 0 Å². The third-order valence-electron chi connectivity index (χ3n) is 2.43. The van der Waals surface area contributed by atoms with Gasteiger partial charge in [-0.3, -0.25) is 0 Å². The van der Waals surface area contributed by atoms with Gasteiger partial charge in [0.1, 0.15) is 0 Å². The van der Waals surface area contributed by atoms with E-state index in [-0.39, 0.29) is 0 Å². The fourth-order valence-corrected chi connectivity index (χ4v) is 2.01. The molecular weight excluding hydrogens is 250 g/mol. The zero-order chi connectivity index (χ0) is 11.3. The van der Waals surface area contributed by atoms with Crippen LogP contribution in [0.25, 0.3) is 0 Å². The summed E-state index contributed by atoms with van der Waals surface area (Å²) < 4.78 is 1.14. The van der Waals surface area contributed by atoms with Crippen molar-refractivity contribution in [3.8, 4) is 0 Å². The lowest BCUT2D eigenvalue weighted by Gasteiger charge is -2.20. The van der Waals surface area contributed by atoms with E-state index in [4.69, 9.17) is 0 Å². The van der Waals surface area contributed by atoms with Crippen LogP contribution in [0.1, 0.15) is 38.8 Å². The van der Waals surface area contributed by atoms with Crippen molar-refractivity contribution in [2.45, 2.75) is 33.2 Å². The van der Waals surface area contributed by atoms with Gasteiger partial charge in [-0.15, -0.1) is 0 Å². The fraction of sp³-hybridized carbons (Fsp3) is 0.538. The van der Waals surface area contributed by atoms with Crippen molar-refractivity contribution in [1.82, 2.24) is 5.32 Å². The van der Waals surface area contributed by atoms with Crippen LogP contribution in [0.4, 0.5) is 0 Å². The quantitative estimate of drug-likeness (QED) is 0.847. The molecule has 0 aliphatic rings. The summed E-state index contributed by atoms with van der Waals surface area (Å²) in [5.74, 6) is 0.720. The van der Waals surface area contributed by atoms with Gasteiger partial charge in [0.2, 0.25) is 0 Å². The Hall–Kier alpha value is -0.340. The van der Waals surface area contributed by atoms with Crippen molar-refractivity contribution in [3.05, 3.63) is 34.3 Å². The minimum atomic E-state index is 0.489. The molecule has 0 bridgehead atoms. The van der Waals surface area contributed by atoms with Crippen LogP contribution in [0.3, 0.4) is 0 Å². The maximum absolute atomic E-state index is 3.53. The van der Waals surface area contributed by atoms with Crippen molar-refractivity contribution in [3.63, 3.8) is 0 Å². The van der Waals surface area contributed by atoms with Gasteiger partial charge in [0.15, 0.2) is 0 Å². The van der Waals surface area contributed by atoms with Gasteiger partial charge >= 0.3 is 0 Å². The lowest BCUT2D eigenvalue weighted by Crippen LogP contribution is -2.22. The van der Waals surface area contributed by atoms with Crippen LogP contribution in [-0.4, -0.2) is 6.54 Å². The largest absolute Gasteiger partial charge is 0.310 e. The molecule has 2 heteroatoms. The van der Waals surface area contributed by atoms with Gasteiger partial charge in [-0.2, -0.15) is 0 Å². The first kappa shape index (κ1) is 12.7. The Balaban J connectivity index is 2.74. The Labute approximate surface area is 101 Å². The summed E-state index contributed by atoms with van der Waals surface area (Å²) in [5, 5.41) is 3.53. The Morgan fingerprint density at radius 2 is 1.80 bits per heavy atom. The molecule has 0 aliphatic heterocycles. The fourth-order valence-electron chi connectivity index (χ4n) is 1.75. The molecule has 1 aromatic carbocycles. The van der Waals surface area contributed by atoms with Crippen LogP contribution in [0.5, 0.6) is 0 Å². The predicted molar refractivity (Wildman–Crippen MR) is 70.0 cm³/mol. The second-order valence-electron chi connectivity index (χ2n) is 4.29. The van der Waals surface area contributed by atoms with Crippen LogP contribution in [0.15, 0.2) is 28.7 Å². The molecule has 0 fully saturated rings. The van der Waals surface area contributed by atoms with Gasteiger partial charge in [0.25, 0.3) is 0 Å². The van der Waals surface area contributed by atoms with Gasteiger partial charge in [-0.25, -0.2) is 0 Å². The van der Waals surface area contributed by atoms with Crippen LogP contribution in [-0.2, 0) is 0 Å². The number of hydrogen-bond donors (Lipinski definition) is 1. The molecule has 1 aromatic rings. The normalized spacial score (nSPS) is 13.1. The standard InChI is InChI=1S/C13H20BrN/c1-4-15-13(9-10(2)3)11-5-7-12(14)8-6-11/h5-8,10,13,15H,4,9H2,1-3H3. The molecule has 1 unspecified atom stereocenters. The van der Waals surface area contributed by atoms with E-state index in [1.54, 1.807) is 0 Å². The number of nitrogens with one attached hydrogen (secondary N) is 1.